The van der Waals surface area contributed by atoms with E-state index in [4.69, 9.17) is 9.15 Å². The van der Waals surface area contributed by atoms with E-state index in [1.807, 2.05) is 50.7 Å². The maximum Gasteiger partial charge on any atom is 0.287 e. The van der Waals surface area contributed by atoms with Gasteiger partial charge in [-0.25, -0.2) is 0 Å². The Balaban J connectivity index is 1.56. The van der Waals surface area contributed by atoms with Gasteiger partial charge < -0.3 is 14.5 Å². The quantitative estimate of drug-likeness (QED) is 0.687. The summed E-state index contributed by atoms with van der Waals surface area (Å²) in [6.45, 7) is 9.51. The molecule has 0 saturated carbocycles. The molecule has 0 atom stereocenters. The van der Waals surface area contributed by atoms with Gasteiger partial charge >= 0.3 is 0 Å². The summed E-state index contributed by atoms with van der Waals surface area (Å²) in [4.78, 5) is 12.3. The van der Waals surface area contributed by atoms with E-state index in [-0.39, 0.29) is 18.3 Å². The topological polar surface area (TPSA) is 69.3 Å². The van der Waals surface area contributed by atoms with Crippen molar-refractivity contribution < 1.29 is 13.9 Å². The molecule has 1 N–H and O–H groups in total. The van der Waals surface area contributed by atoms with Gasteiger partial charge in [0.15, 0.2) is 5.76 Å². The first-order chi connectivity index (χ1) is 12.9. The van der Waals surface area contributed by atoms with Crippen LogP contribution in [0, 0.1) is 20.8 Å². The van der Waals surface area contributed by atoms with Crippen molar-refractivity contribution >= 4 is 5.91 Å². The number of nitrogens with zero attached hydrogens (tertiary/aromatic N) is 2. The number of benzene rings is 1. The van der Waals surface area contributed by atoms with Crippen LogP contribution in [0.2, 0.25) is 0 Å². The van der Waals surface area contributed by atoms with Gasteiger partial charge in [0, 0.05) is 24.8 Å². The lowest BCUT2D eigenvalue weighted by atomic mass is 10.1. The zero-order valence-electron chi connectivity index (χ0n) is 16.2. The van der Waals surface area contributed by atoms with Crippen LogP contribution in [-0.2, 0) is 19.7 Å². The van der Waals surface area contributed by atoms with Crippen molar-refractivity contribution in [3.8, 4) is 5.75 Å². The molecule has 1 amide bonds. The highest BCUT2D eigenvalue weighted by Crippen LogP contribution is 2.18. The number of ether oxygens (including phenoxy) is 1. The number of nitrogens with one attached hydrogen (secondary N) is 1. The molecule has 142 valence electrons. The SMILES string of the molecule is CCn1cc(CNC(=O)c2ccc(COc3cc(C)cc(C)c3)o2)c(C)n1. The summed E-state index contributed by atoms with van der Waals surface area (Å²) in [5, 5.41) is 7.24. The third kappa shape index (κ3) is 4.78. The predicted octanol–water partition coefficient (Wildman–Crippen LogP) is 3.93. The molecule has 0 aliphatic heterocycles. The summed E-state index contributed by atoms with van der Waals surface area (Å²) in [5.41, 5.74) is 4.20. The van der Waals surface area contributed by atoms with Crippen molar-refractivity contribution in [3.63, 3.8) is 0 Å². The van der Waals surface area contributed by atoms with Gasteiger partial charge in [-0.15, -0.1) is 0 Å². The minimum atomic E-state index is -0.253. The molecule has 27 heavy (non-hydrogen) atoms. The minimum Gasteiger partial charge on any atom is -0.486 e. The standard InChI is InChI=1S/C21H25N3O3/c1-5-24-12-17(16(4)23-24)11-22-21(25)20-7-6-18(27-20)13-26-19-9-14(2)8-15(3)10-19/h6-10,12H,5,11,13H2,1-4H3,(H,22,25). The van der Waals surface area contributed by atoms with Crippen LogP contribution in [0.4, 0.5) is 0 Å². The Morgan fingerprint density at radius 2 is 1.93 bits per heavy atom. The van der Waals surface area contributed by atoms with E-state index in [9.17, 15) is 4.79 Å². The third-order valence-electron chi connectivity index (χ3n) is 4.27. The molecule has 6 heteroatoms. The van der Waals surface area contributed by atoms with E-state index >= 15 is 0 Å². The molecule has 0 aliphatic carbocycles. The Labute approximate surface area is 159 Å². The van der Waals surface area contributed by atoms with Crippen LogP contribution in [0.25, 0.3) is 0 Å². The summed E-state index contributed by atoms with van der Waals surface area (Å²) in [5.74, 6) is 1.42. The van der Waals surface area contributed by atoms with Crippen molar-refractivity contribution in [3.05, 3.63) is 70.4 Å². The van der Waals surface area contributed by atoms with Gasteiger partial charge in [-0.05, 0) is 63.1 Å². The molecule has 0 radical (unpaired) electrons. The lowest BCUT2D eigenvalue weighted by molar-refractivity contribution is 0.0919. The fourth-order valence-electron chi connectivity index (χ4n) is 2.91. The Hall–Kier alpha value is -3.02. The molecule has 6 nitrogen and oxygen atoms in total. The maximum atomic E-state index is 12.3. The van der Waals surface area contributed by atoms with E-state index in [1.165, 1.54) is 0 Å². The van der Waals surface area contributed by atoms with Gasteiger partial charge in [-0.3, -0.25) is 9.48 Å². The highest BCUT2D eigenvalue weighted by molar-refractivity contribution is 5.91. The zero-order valence-corrected chi connectivity index (χ0v) is 16.2. The van der Waals surface area contributed by atoms with Crippen molar-refractivity contribution in [2.45, 2.75) is 47.4 Å². The van der Waals surface area contributed by atoms with Gasteiger partial charge in [0.25, 0.3) is 5.91 Å². The van der Waals surface area contributed by atoms with Crippen molar-refractivity contribution in [1.82, 2.24) is 15.1 Å². The second-order valence-corrected chi connectivity index (χ2v) is 6.66. The molecule has 0 saturated heterocycles. The molecule has 3 aromatic rings. The van der Waals surface area contributed by atoms with Gasteiger partial charge in [-0.2, -0.15) is 5.10 Å². The monoisotopic (exact) mass is 367 g/mol. The van der Waals surface area contributed by atoms with Crippen molar-refractivity contribution in [1.29, 1.82) is 0 Å². The summed E-state index contributed by atoms with van der Waals surface area (Å²) in [6.07, 6.45) is 1.95. The van der Waals surface area contributed by atoms with Crippen LogP contribution >= 0.6 is 0 Å². The van der Waals surface area contributed by atoms with Crippen LogP contribution in [0.5, 0.6) is 5.75 Å². The first kappa shape index (κ1) is 18.8. The molecule has 0 bridgehead atoms. The van der Waals surface area contributed by atoms with Gasteiger partial charge in [-0.1, -0.05) is 6.07 Å². The molecular formula is C21H25N3O3. The average Bonchev–Trinajstić information content (AvgIpc) is 3.23. The number of carbonyl (C=O) groups excluding carboxylic acids is 1. The highest BCUT2D eigenvalue weighted by atomic mass is 16.5. The Bertz CT molecular complexity index is 920. The fraction of sp³-hybridized carbons (Fsp3) is 0.333. The second-order valence-electron chi connectivity index (χ2n) is 6.66. The molecular weight excluding hydrogens is 342 g/mol. The molecule has 3 rings (SSSR count). The van der Waals surface area contributed by atoms with E-state index < -0.39 is 0 Å². The van der Waals surface area contributed by atoms with E-state index in [0.717, 1.165) is 34.7 Å². The highest BCUT2D eigenvalue weighted by Gasteiger charge is 2.13. The number of aryl methyl sites for hydroxylation is 4. The normalized spacial score (nSPS) is 10.8. The number of aromatic nitrogens is 2. The Morgan fingerprint density at radius 1 is 1.19 bits per heavy atom. The van der Waals surface area contributed by atoms with Crippen LogP contribution < -0.4 is 10.1 Å². The zero-order chi connectivity index (χ0) is 19.4. The first-order valence-electron chi connectivity index (χ1n) is 9.05. The second kappa shape index (κ2) is 8.12. The Kier molecular flexibility index (Phi) is 5.64. The molecule has 0 aliphatic rings. The molecule has 0 spiro atoms. The van der Waals surface area contributed by atoms with Gasteiger partial charge in [0.05, 0.1) is 5.69 Å². The average molecular weight is 367 g/mol. The van der Waals surface area contributed by atoms with Crippen LogP contribution in [-0.4, -0.2) is 15.7 Å². The smallest absolute Gasteiger partial charge is 0.287 e. The fourth-order valence-corrected chi connectivity index (χ4v) is 2.91. The van der Waals surface area contributed by atoms with E-state index in [2.05, 4.69) is 16.5 Å². The number of hydrogen-bond donors (Lipinski definition) is 1. The predicted molar refractivity (Wildman–Crippen MR) is 103 cm³/mol. The van der Waals surface area contributed by atoms with E-state index in [1.54, 1.807) is 12.1 Å². The number of hydrogen-bond acceptors (Lipinski definition) is 4. The lowest BCUT2D eigenvalue weighted by Gasteiger charge is -2.06. The molecule has 0 unspecified atom stereocenters. The van der Waals surface area contributed by atoms with Crippen LogP contribution in [0.1, 0.15) is 45.6 Å². The van der Waals surface area contributed by atoms with Crippen molar-refractivity contribution in [2.75, 3.05) is 0 Å². The van der Waals surface area contributed by atoms with Crippen LogP contribution in [0.15, 0.2) is 40.9 Å². The van der Waals surface area contributed by atoms with Gasteiger partial charge in [0.1, 0.15) is 18.1 Å². The molecule has 1 aromatic carbocycles. The number of carbonyl (C=O) groups is 1. The minimum absolute atomic E-state index is 0.253. The summed E-state index contributed by atoms with van der Waals surface area (Å²) in [7, 11) is 0. The molecule has 2 aromatic heterocycles. The Morgan fingerprint density at radius 3 is 2.59 bits per heavy atom. The van der Waals surface area contributed by atoms with Gasteiger partial charge in [0.2, 0.25) is 0 Å². The number of furan rings is 1. The lowest BCUT2D eigenvalue weighted by Crippen LogP contribution is -2.22. The molecule has 0 fully saturated rings. The number of rotatable bonds is 7. The summed E-state index contributed by atoms with van der Waals surface area (Å²) >= 11 is 0. The van der Waals surface area contributed by atoms with E-state index in [0.29, 0.717) is 12.3 Å². The largest absolute Gasteiger partial charge is 0.486 e. The summed E-state index contributed by atoms with van der Waals surface area (Å²) in [6, 6.07) is 9.47. The maximum absolute atomic E-state index is 12.3. The van der Waals surface area contributed by atoms with Crippen molar-refractivity contribution in [2.24, 2.45) is 0 Å². The third-order valence-corrected chi connectivity index (χ3v) is 4.27. The molecule has 2 heterocycles. The van der Waals surface area contributed by atoms with Crippen LogP contribution in [0.3, 0.4) is 0 Å². The summed E-state index contributed by atoms with van der Waals surface area (Å²) < 4.78 is 13.2. The number of amides is 1. The first-order valence-corrected chi connectivity index (χ1v) is 9.05.